The summed E-state index contributed by atoms with van der Waals surface area (Å²) < 4.78 is 0. The number of nitrogens with zero attached hydrogens (tertiary/aromatic N) is 1. The Morgan fingerprint density at radius 1 is 1.82 bits per heavy atom. The molecule has 0 spiro atoms. The van der Waals surface area contributed by atoms with Crippen LogP contribution in [0.1, 0.15) is 6.42 Å². The minimum Gasteiger partial charge on any atom is -0.480 e. The Hall–Kier alpha value is -1.32. The van der Waals surface area contributed by atoms with Gasteiger partial charge < -0.3 is 10.0 Å². The summed E-state index contributed by atoms with van der Waals surface area (Å²) in [5.74, 6) is -1.01. The van der Waals surface area contributed by atoms with Gasteiger partial charge in [-0.1, -0.05) is 6.58 Å². The lowest BCUT2D eigenvalue weighted by molar-refractivity contribution is -0.141. The van der Waals surface area contributed by atoms with E-state index in [0.717, 1.165) is 0 Å². The molecule has 1 atom stereocenters. The van der Waals surface area contributed by atoms with E-state index in [1.165, 1.54) is 11.1 Å². The summed E-state index contributed by atoms with van der Waals surface area (Å²) in [6.07, 6.45) is 1.49. The molecule has 0 bridgehead atoms. The first-order valence-electron chi connectivity index (χ1n) is 3.28. The van der Waals surface area contributed by atoms with E-state index < -0.39 is 12.0 Å². The van der Waals surface area contributed by atoms with Crippen LogP contribution in [0.3, 0.4) is 0 Å². The maximum atomic E-state index is 10.8. The summed E-state index contributed by atoms with van der Waals surface area (Å²) in [6, 6.07) is -0.694. The highest BCUT2D eigenvalue weighted by atomic mass is 16.4. The van der Waals surface area contributed by atoms with Gasteiger partial charge in [0.25, 0.3) is 0 Å². The molecule has 1 rings (SSSR count). The van der Waals surface area contributed by atoms with Crippen LogP contribution in [0.5, 0.6) is 0 Å². The van der Waals surface area contributed by atoms with Crippen molar-refractivity contribution in [2.75, 3.05) is 6.54 Å². The van der Waals surface area contributed by atoms with E-state index in [2.05, 4.69) is 6.58 Å². The Morgan fingerprint density at radius 3 is 2.82 bits per heavy atom. The van der Waals surface area contributed by atoms with Gasteiger partial charge in [0.1, 0.15) is 6.04 Å². The van der Waals surface area contributed by atoms with Crippen LogP contribution in [-0.4, -0.2) is 34.3 Å². The van der Waals surface area contributed by atoms with E-state index in [-0.39, 0.29) is 18.7 Å². The molecule has 1 saturated heterocycles. The molecule has 1 fully saturated rings. The van der Waals surface area contributed by atoms with Gasteiger partial charge in [0.2, 0.25) is 0 Å². The maximum absolute atomic E-state index is 10.8. The number of aliphatic carboxylic acids is 1. The van der Waals surface area contributed by atoms with E-state index in [1.807, 2.05) is 0 Å². The van der Waals surface area contributed by atoms with Crippen LogP contribution in [-0.2, 0) is 9.59 Å². The van der Waals surface area contributed by atoms with Gasteiger partial charge in [0.15, 0.2) is 5.78 Å². The van der Waals surface area contributed by atoms with E-state index >= 15 is 0 Å². The number of carboxylic acids is 1. The molecular formula is C7H9NO3. The van der Waals surface area contributed by atoms with Crippen molar-refractivity contribution in [3.8, 4) is 0 Å². The molecule has 0 aliphatic carbocycles. The van der Waals surface area contributed by atoms with Gasteiger partial charge in [0, 0.05) is 6.42 Å². The van der Waals surface area contributed by atoms with Crippen LogP contribution in [0.2, 0.25) is 0 Å². The highest BCUT2D eigenvalue weighted by Crippen LogP contribution is 2.13. The van der Waals surface area contributed by atoms with Crippen LogP contribution < -0.4 is 0 Å². The third kappa shape index (κ3) is 1.39. The molecule has 0 aromatic carbocycles. The van der Waals surface area contributed by atoms with E-state index in [9.17, 15) is 9.59 Å². The van der Waals surface area contributed by atoms with E-state index in [4.69, 9.17) is 5.11 Å². The fourth-order valence-electron chi connectivity index (χ4n) is 1.13. The zero-order chi connectivity index (χ0) is 8.43. The molecule has 0 aromatic rings. The summed E-state index contributed by atoms with van der Waals surface area (Å²) >= 11 is 0. The Morgan fingerprint density at radius 2 is 2.45 bits per heavy atom. The third-order valence-corrected chi connectivity index (χ3v) is 1.70. The molecule has 0 unspecified atom stereocenters. The summed E-state index contributed by atoms with van der Waals surface area (Å²) in [7, 11) is 0. The Labute approximate surface area is 64.1 Å². The molecule has 1 N–H and O–H groups in total. The summed E-state index contributed by atoms with van der Waals surface area (Å²) in [6.45, 7) is 3.60. The largest absolute Gasteiger partial charge is 0.480 e. The second kappa shape index (κ2) is 2.74. The topological polar surface area (TPSA) is 57.6 Å². The van der Waals surface area contributed by atoms with Crippen molar-refractivity contribution in [1.29, 1.82) is 0 Å². The molecule has 0 amide bonds. The van der Waals surface area contributed by atoms with Crippen LogP contribution >= 0.6 is 0 Å². The lowest BCUT2D eigenvalue weighted by atomic mass is 10.2. The van der Waals surface area contributed by atoms with Crippen molar-refractivity contribution in [3.05, 3.63) is 12.8 Å². The molecule has 1 heterocycles. The zero-order valence-electron chi connectivity index (χ0n) is 5.99. The first kappa shape index (κ1) is 7.78. The molecule has 11 heavy (non-hydrogen) atoms. The molecule has 4 heteroatoms. The predicted octanol–water partition coefficient (Wildman–Crippen LogP) is -0.142. The molecule has 60 valence electrons. The number of carbonyl (C=O) groups excluding carboxylic acids is 1. The van der Waals surface area contributed by atoms with Crippen molar-refractivity contribution in [3.63, 3.8) is 0 Å². The van der Waals surface area contributed by atoms with Gasteiger partial charge in [-0.25, -0.2) is 4.79 Å². The lowest BCUT2D eigenvalue weighted by Gasteiger charge is -2.15. The molecule has 1 aliphatic rings. The smallest absolute Gasteiger partial charge is 0.326 e. The average molecular weight is 155 g/mol. The quantitative estimate of drug-likeness (QED) is 0.603. The number of hydrogen-bond acceptors (Lipinski definition) is 3. The monoisotopic (exact) mass is 155 g/mol. The van der Waals surface area contributed by atoms with Crippen molar-refractivity contribution in [1.82, 2.24) is 4.90 Å². The fourth-order valence-corrected chi connectivity index (χ4v) is 1.13. The predicted molar refractivity (Wildman–Crippen MR) is 38.0 cm³/mol. The first-order valence-corrected chi connectivity index (χ1v) is 3.28. The average Bonchev–Trinajstić information content (AvgIpc) is 2.30. The normalized spacial score (nSPS) is 23.8. The highest BCUT2D eigenvalue weighted by molar-refractivity contribution is 5.90. The van der Waals surface area contributed by atoms with Crippen molar-refractivity contribution in [2.45, 2.75) is 12.5 Å². The Balaban J connectivity index is 2.72. The van der Waals surface area contributed by atoms with Gasteiger partial charge in [-0.15, -0.1) is 0 Å². The zero-order valence-corrected chi connectivity index (χ0v) is 5.99. The third-order valence-electron chi connectivity index (χ3n) is 1.70. The fraction of sp³-hybridized carbons (Fsp3) is 0.429. The van der Waals surface area contributed by atoms with Gasteiger partial charge in [-0.3, -0.25) is 4.79 Å². The molecule has 4 nitrogen and oxygen atoms in total. The maximum Gasteiger partial charge on any atom is 0.326 e. The van der Waals surface area contributed by atoms with Gasteiger partial charge in [0.05, 0.1) is 6.54 Å². The number of ketones is 1. The second-order valence-electron chi connectivity index (χ2n) is 2.45. The van der Waals surface area contributed by atoms with Gasteiger partial charge in [-0.05, 0) is 6.20 Å². The van der Waals surface area contributed by atoms with Crippen molar-refractivity contribution < 1.29 is 14.7 Å². The molecule has 0 saturated carbocycles. The number of carbonyl (C=O) groups is 2. The molecule has 0 aromatic heterocycles. The first-order chi connectivity index (χ1) is 5.15. The van der Waals surface area contributed by atoms with Crippen molar-refractivity contribution >= 4 is 11.8 Å². The standard InChI is InChI=1S/C7H9NO3/c1-2-8-4-5(9)3-6(8)7(10)11/h2,6H,1,3-4H2,(H,10,11)/t6-/m0/s1. The molecular weight excluding hydrogens is 146 g/mol. The minimum absolute atomic E-state index is 0.0442. The van der Waals surface area contributed by atoms with Gasteiger partial charge in [-0.2, -0.15) is 0 Å². The second-order valence-corrected chi connectivity index (χ2v) is 2.45. The van der Waals surface area contributed by atoms with Crippen LogP contribution in [0.15, 0.2) is 12.8 Å². The highest BCUT2D eigenvalue weighted by Gasteiger charge is 2.33. The number of carboxylic acid groups (broad SMARTS) is 1. The number of Topliss-reactive ketones (excluding diaryl/α,β-unsaturated/α-hetero) is 1. The van der Waals surface area contributed by atoms with Crippen molar-refractivity contribution in [2.24, 2.45) is 0 Å². The summed E-state index contributed by atoms with van der Waals surface area (Å²) in [5.41, 5.74) is 0. The lowest BCUT2D eigenvalue weighted by Crippen LogP contribution is -2.31. The van der Waals surface area contributed by atoms with E-state index in [1.54, 1.807) is 0 Å². The SMILES string of the molecule is C=CN1CC(=O)C[C@H]1C(=O)O. The summed E-state index contributed by atoms with van der Waals surface area (Å²) in [4.78, 5) is 22.7. The number of likely N-dealkylation sites (tertiary alicyclic amines) is 1. The number of hydrogen-bond donors (Lipinski definition) is 1. The van der Waals surface area contributed by atoms with Crippen LogP contribution in [0.4, 0.5) is 0 Å². The summed E-state index contributed by atoms with van der Waals surface area (Å²) in [5, 5.41) is 8.59. The van der Waals surface area contributed by atoms with E-state index in [0.29, 0.717) is 0 Å². The van der Waals surface area contributed by atoms with Crippen LogP contribution in [0, 0.1) is 0 Å². The number of rotatable bonds is 2. The van der Waals surface area contributed by atoms with Gasteiger partial charge >= 0.3 is 5.97 Å². The molecule has 1 aliphatic heterocycles. The molecule has 0 radical (unpaired) electrons. The van der Waals surface area contributed by atoms with Crippen LogP contribution in [0.25, 0.3) is 0 Å². The Kier molecular flexibility index (Phi) is 1.94. The Bertz CT molecular complexity index is 212. The minimum atomic E-state index is -0.962.